The largest absolute Gasteiger partial charge is 0.323 e. The molecular weight excluding hydrogens is 158 g/mol. The third kappa shape index (κ3) is 3.15. The molecule has 1 heteroatoms. The van der Waals surface area contributed by atoms with Crippen LogP contribution in [0.5, 0.6) is 0 Å². The first-order valence-electron chi connectivity index (χ1n) is 5.49. The fourth-order valence-corrected chi connectivity index (χ4v) is 2.60. The van der Waals surface area contributed by atoms with Crippen molar-refractivity contribution in [2.45, 2.75) is 45.1 Å². The molecule has 1 aliphatic rings. The Morgan fingerprint density at radius 2 is 1.77 bits per heavy atom. The highest BCUT2D eigenvalue weighted by Crippen LogP contribution is 2.26. The zero-order chi connectivity index (χ0) is 9.90. The number of nitrogens with zero attached hydrogens (tertiary/aromatic N) is 1. The number of quaternary nitrogens is 1. The zero-order valence-corrected chi connectivity index (χ0v) is 9.47. The van der Waals surface area contributed by atoms with Gasteiger partial charge in [0.1, 0.15) is 0 Å². The first kappa shape index (κ1) is 10.8. The van der Waals surface area contributed by atoms with Crippen molar-refractivity contribution in [3.63, 3.8) is 0 Å². The van der Waals surface area contributed by atoms with E-state index in [0.717, 1.165) is 17.1 Å². The summed E-state index contributed by atoms with van der Waals surface area (Å²) in [6.07, 6.45) is 7.15. The molecule has 0 aliphatic heterocycles. The van der Waals surface area contributed by atoms with Gasteiger partial charge in [0.15, 0.2) is 0 Å². The van der Waals surface area contributed by atoms with Crippen molar-refractivity contribution in [3.05, 3.63) is 12.2 Å². The average Bonchev–Trinajstić information content (AvgIpc) is 2.04. The van der Waals surface area contributed by atoms with Crippen LogP contribution in [0, 0.1) is 0 Å². The highest BCUT2D eigenvalue weighted by molar-refractivity contribution is 4.88. The molecule has 1 rings (SSSR count). The van der Waals surface area contributed by atoms with Crippen LogP contribution < -0.4 is 0 Å². The zero-order valence-electron chi connectivity index (χ0n) is 9.47. The molecule has 76 valence electrons. The molecule has 0 N–H and O–H groups in total. The van der Waals surface area contributed by atoms with Gasteiger partial charge in [-0.05, 0) is 38.2 Å². The molecule has 0 atom stereocenters. The maximum absolute atomic E-state index is 4.02. The number of hydrogen-bond donors (Lipinski definition) is 0. The van der Waals surface area contributed by atoms with Gasteiger partial charge in [-0.3, -0.25) is 0 Å². The van der Waals surface area contributed by atoms with E-state index in [1.807, 2.05) is 0 Å². The number of rotatable bonds is 3. The molecule has 1 saturated carbocycles. The van der Waals surface area contributed by atoms with E-state index < -0.39 is 0 Å². The second kappa shape index (κ2) is 4.28. The Morgan fingerprint density at radius 1 is 1.23 bits per heavy atom. The summed E-state index contributed by atoms with van der Waals surface area (Å²) < 4.78 is 1.15. The lowest BCUT2D eigenvalue weighted by Crippen LogP contribution is -2.50. The Balaban J connectivity index is 2.50. The van der Waals surface area contributed by atoms with Crippen LogP contribution in [0.2, 0.25) is 0 Å². The van der Waals surface area contributed by atoms with Crippen LogP contribution in [-0.2, 0) is 0 Å². The lowest BCUT2D eigenvalue weighted by molar-refractivity contribution is -0.912. The molecule has 0 saturated heterocycles. The molecule has 0 spiro atoms. The van der Waals surface area contributed by atoms with E-state index in [4.69, 9.17) is 0 Å². The van der Waals surface area contributed by atoms with E-state index in [9.17, 15) is 0 Å². The van der Waals surface area contributed by atoms with Crippen molar-refractivity contribution in [2.24, 2.45) is 0 Å². The van der Waals surface area contributed by atoms with E-state index in [-0.39, 0.29) is 0 Å². The van der Waals surface area contributed by atoms with Gasteiger partial charge in [0, 0.05) is 0 Å². The molecule has 13 heavy (non-hydrogen) atoms. The standard InChI is InChI=1S/C12H24N/c1-11(2)10-13(3,4)12-8-6-5-7-9-12/h12H,1,5-10H2,2-4H3/q+1. The van der Waals surface area contributed by atoms with Crippen molar-refractivity contribution >= 4 is 0 Å². The van der Waals surface area contributed by atoms with Crippen LogP contribution in [0.4, 0.5) is 0 Å². The van der Waals surface area contributed by atoms with Crippen molar-refractivity contribution in [1.29, 1.82) is 0 Å². The van der Waals surface area contributed by atoms with Gasteiger partial charge in [0.25, 0.3) is 0 Å². The molecule has 0 aromatic rings. The highest BCUT2D eigenvalue weighted by Gasteiger charge is 2.29. The van der Waals surface area contributed by atoms with Gasteiger partial charge in [-0.2, -0.15) is 0 Å². The molecule has 1 aliphatic carbocycles. The average molecular weight is 182 g/mol. The summed E-state index contributed by atoms with van der Waals surface area (Å²) in [4.78, 5) is 0. The quantitative estimate of drug-likeness (QED) is 0.465. The second-order valence-corrected chi connectivity index (χ2v) is 5.19. The van der Waals surface area contributed by atoms with Crippen LogP contribution in [0.25, 0.3) is 0 Å². The summed E-state index contributed by atoms with van der Waals surface area (Å²) >= 11 is 0. The van der Waals surface area contributed by atoms with Crippen LogP contribution in [0.3, 0.4) is 0 Å². The Hall–Kier alpha value is -0.300. The predicted molar refractivity (Wildman–Crippen MR) is 58.7 cm³/mol. The molecular formula is C12H24N+. The molecule has 0 amide bonds. The van der Waals surface area contributed by atoms with Crippen LogP contribution in [-0.4, -0.2) is 31.2 Å². The fourth-order valence-electron chi connectivity index (χ4n) is 2.60. The fraction of sp³-hybridized carbons (Fsp3) is 0.833. The Bertz CT molecular complexity index is 176. The summed E-state index contributed by atoms with van der Waals surface area (Å²) in [5.41, 5.74) is 1.32. The Labute approximate surface area is 83.0 Å². The van der Waals surface area contributed by atoms with Crippen molar-refractivity contribution in [3.8, 4) is 0 Å². The van der Waals surface area contributed by atoms with Gasteiger partial charge < -0.3 is 4.48 Å². The monoisotopic (exact) mass is 182 g/mol. The predicted octanol–water partition coefficient (Wildman–Crippen LogP) is 2.97. The highest BCUT2D eigenvalue weighted by atomic mass is 15.3. The first-order valence-corrected chi connectivity index (χ1v) is 5.49. The minimum absolute atomic E-state index is 0.880. The van der Waals surface area contributed by atoms with Gasteiger partial charge in [0.2, 0.25) is 0 Å². The summed E-state index contributed by atoms with van der Waals surface area (Å²) in [5, 5.41) is 0. The van der Waals surface area contributed by atoms with E-state index in [1.165, 1.54) is 37.7 Å². The topological polar surface area (TPSA) is 0 Å². The van der Waals surface area contributed by atoms with Crippen molar-refractivity contribution in [1.82, 2.24) is 0 Å². The van der Waals surface area contributed by atoms with E-state index in [0.29, 0.717) is 0 Å². The molecule has 0 heterocycles. The molecule has 1 fully saturated rings. The lowest BCUT2D eigenvalue weighted by Gasteiger charge is -2.40. The van der Waals surface area contributed by atoms with Gasteiger partial charge in [-0.1, -0.05) is 13.0 Å². The third-order valence-corrected chi connectivity index (χ3v) is 3.24. The smallest absolute Gasteiger partial charge is 0.0995 e. The van der Waals surface area contributed by atoms with Gasteiger partial charge in [-0.25, -0.2) is 0 Å². The second-order valence-electron chi connectivity index (χ2n) is 5.19. The summed E-state index contributed by atoms with van der Waals surface area (Å²) in [6.45, 7) is 7.30. The van der Waals surface area contributed by atoms with Crippen LogP contribution in [0.1, 0.15) is 39.0 Å². The summed E-state index contributed by atoms with van der Waals surface area (Å²) in [7, 11) is 4.70. The molecule has 0 bridgehead atoms. The SMILES string of the molecule is C=C(C)C[N+](C)(C)C1CCCCC1. The number of hydrogen-bond acceptors (Lipinski definition) is 0. The lowest BCUT2D eigenvalue weighted by atomic mass is 9.93. The molecule has 0 unspecified atom stereocenters. The molecule has 0 radical (unpaired) electrons. The summed E-state index contributed by atoms with van der Waals surface area (Å²) in [5.74, 6) is 0. The maximum atomic E-state index is 4.02. The van der Waals surface area contributed by atoms with Gasteiger partial charge in [0.05, 0.1) is 26.7 Å². The van der Waals surface area contributed by atoms with Gasteiger partial charge >= 0.3 is 0 Å². The maximum Gasteiger partial charge on any atom is 0.0995 e. The normalized spacial score (nSPS) is 20.2. The van der Waals surface area contributed by atoms with Crippen LogP contribution in [0.15, 0.2) is 12.2 Å². The molecule has 0 aromatic carbocycles. The first-order chi connectivity index (χ1) is 6.02. The van der Waals surface area contributed by atoms with E-state index >= 15 is 0 Å². The minimum Gasteiger partial charge on any atom is -0.323 e. The van der Waals surface area contributed by atoms with Crippen molar-refractivity contribution in [2.75, 3.05) is 20.6 Å². The van der Waals surface area contributed by atoms with E-state index in [1.54, 1.807) is 0 Å². The Morgan fingerprint density at radius 3 is 2.23 bits per heavy atom. The number of likely N-dealkylation sites (N-methyl/N-ethyl adjacent to an activating group) is 1. The molecule has 1 nitrogen and oxygen atoms in total. The summed E-state index contributed by atoms with van der Waals surface area (Å²) in [6, 6.07) is 0.880. The van der Waals surface area contributed by atoms with Gasteiger partial charge in [-0.15, -0.1) is 0 Å². The van der Waals surface area contributed by atoms with Crippen LogP contribution >= 0.6 is 0 Å². The molecule has 0 aromatic heterocycles. The van der Waals surface area contributed by atoms with Crippen molar-refractivity contribution < 1.29 is 4.48 Å². The minimum atomic E-state index is 0.880. The van der Waals surface area contributed by atoms with E-state index in [2.05, 4.69) is 27.6 Å². The third-order valence-electron chi connectivity index (χ3n) is 3.24. The Kier molecular flexibility index (Phi) is 3.55.